The Hall–Kier alpha value is -2.71. The fourth-order valence-corrected chi connectivity index (χ4v) is 3.93. The lowest BCUT2D eigenvalue weighted by molar-refractivity contribution is -0.116. The highest BCUT2D eigenvalue weighted by atomic mass is 32.2. The number of aromatic nitrogens is 2. The maximum Gasteiger partial charge on any atom is 0.234 e. The molecule has 0 saturated heterocycles. The van der Waals surface area contributed by atoms with Crippen molar-refractivity contribution in [3.63, 3.8) is 0 Å². The highest BCUT2D eigenvalue weighted by Crippen LogP contribution is 2.25. The third-order valence-corrected chi connectivity index (χ3v) is 5.77. The first-order valence-electron chi connectivity index (χ1n) is 8.75. The molecule has 3 rings (SSSR count). The van der Waals surface area contributed by atoms with Gasteiger partial charge in [-0.1, -0.05) is 71.1 Å². The fourth-order valence-electron chi connectivity index (χ4n) is 2.36. The van der Waals surface area contributed by atoms with Crippen LogP contribution >= 0.6 is 23.1 Å². The van der Waals surface area contributed by atoms with Crippen LogP contribution < -0.4 is 10.6 Å². The van der Waals surface area contributed by atoms with E-state index in [1.807, 2.05) is 61.5 Å². The van der Waals surface area contributed by atoms with Crippen LogP contribution in [0.4, 0.5) is 10.8 Å². The number of hydrogen-bond donors (Lipinski definition) is 2. The van der Waals surface area contributed by atoms with Crippen molar-refractivity contribution in [2.75, 3.05) is 16.4 Å². The van der Waals surface area contributed by atoms with Crippen molar-refractivity contribution in [2.45, 2.75) is 24.1 Å². The molecule has 144 valence electrons. The van der Waals surface area contributed by atoms with Gasteiger partial charge in [0, 0.05) is 12.1 Å². The predicted octanol–water partition coefficient (Wildman–Crippen LogP) is 4.15. The Balaban J connectivity index is 1.41. The lowest BCUT2D eigenvalue weighted by Crippen LogP contribution is -2.13. The van der Waals surface area contributed by atoms with Gasteiger partial charge in [0.05, 0.1) is 5.75 Å². The molecule has 0 bridgehead atoms. The summed E-state index contributed by atoms with van der Waals surface area (Å²) < 4.78 is 0.636. The molecule has 0 spiro atoms. The topological polar surface area (TPSA) is 84.0 Å². The van der Waals surface area contributed by atoms with Crippen LogP contribution in [0.15, 0.2) is 58.9 Å². The van der Waals surface area contributed by atoms with Crippen LogP contribution in [0.25, 0.3) is 0 Å². The van der Waals surface area contributed by atoms with Gasteiger partial charge in [-0.25, -0.2) is 0 Å². The molecule has 2 aromatic carbocycles. The van der Waals surface area contributed by atoms with Crippen molar-refractivity contribution in [1.29, 1.82) is 0 Å². The van der Waals surface area contributed by atoms with E-state index in [0.29, 0.717) is 22.3 Å². The molecule has 28 heavy (non-hydrogen) atoms. The largest absolute Gasteiger partial charge is 0.325 e. The van der Waals surface area contributed by atoms with Gasteiger partial charge in [0.2, 0.25) is 16.9 Å². The number of anilines is 2. The molecule has 2 amide bonds. The lowest BCUT2D eigenvalue weighted by atomic mass is 10.1. The van der Waals surface area contributed by atoms with Crippen LogP contribution in [0.2, 0.25) is 0 Å². The quantitative estimate of drug-likeness (QED) is 0.429. The van der Waals surface area contributed by atoms with Gasteiger partial charge < -0.3 is 10.6 Å². The number of hydrogen-bond acceptors (Lipinski definition) is 6. The number of carbonyl (C=O) groups is 2. The Morgan fingerprint density at radius 1 is 0.964 bits per heavy atom. The highest BCUT2D eigenvalue weighted by molar-refractivity contribution is 8.01. The van der Waals surface area contributed by atoms with Crippen LogP contribution in [-0.2, 0) is 16.0 Å². The van der Waals surface area contributed by atoms with Crippen LogP contribution in [0.3, 0.4) is 0 Å². The van der Waals surface area contributed by atoms with Gasteiger partial charge in [0.1, 0.15) is 0 Å². The van der Waals surface area contributed by atoms with Gasteiger partial charge in [-0.05, 0) is 31.0 Å². The van der Waals surface area contributed by atoms with Crippen molar-refractivity contribution in [1.82, 2.24) is 10.2 Å². The molecule has 2 N–H and O–H groups in total. The van der Waals surface area contributed by atoms with E-state index in [0.717, 1.165) is 16.8 Å². The first-order chi connectivity index (χ1) is 13.6. The molecule has 0 aliphatic heterocycles. The van der Waals surface area contributed by atoms with Crippen LogP contribution in [0.1, 0.15) is 17.5 Å². The molecule has 1 heterocycles. The van der Waals surface area contributed by atoms with Crippen molar-refractivity contribution in [3.05, 3.63) is 65.7 Å². The Morgan fingerprint density at radius 2 is 1.71 bits per heavy atom. The van der Waals surface area contributed by atoms with Crippen LogP contribution in [0, 0.1) is 6.92 Å². The Labute approximate surface area is 171 Å². The third kappa shape index (κ3) is 6.47. The monoisotopic (exact) mass is 412 g/mol. The molecule has 8 heteroatoms. The molecule has 6 nitrogen and oxygen atoms in total. The predicted molar refractivity (Wildman–Crippen MR) is 114 cm³/mol. The molecule has 0 atom stereocenters. The van der Waals surface area contributed by atoms with E-state index in [9.17, 15) is 9.59 Å². The minimum absolute atomic E-state index is 0.103. The SMILES string of the molecule is Cc1ccc(NC(=O)CSc2nnc(NC(=O)CCc3ccccc3)s2)cc1. The minimum Gasteiger partial charge on any atom is -0.325 e. The second kappa shape index (κ2) is 10.0. The number of benzene rings is 2. The van der Waals surface area contributed by atoms with E-state index in [4.69, 9.17) is 0 Å². The molecule has 0 aliphatic rings. The maximum absolute atomic E-state index is 12.0. The number of nitrogens with zero attached hydrogens (tertiary/aromatic N) is 2. The average Bonchev–Trinajstić information content (AvgIpc) is 3.15. The summed E-state index contributed by atoms with van der Waals surface area (Å²) in [6.07, 6.45) is 1.05. The first-order valence-corrected chi connectivity index (χ1v) is 10.6. The van der Waals surface area contributed by atoms with Gasteiger partial charge >= 0.3 is 0 Å². The molecule has 1 aromatic heterocycles. The number of amides is 2. The first kappa shape index (κ1) is 20.0. The maximum atomic E-state index is 12.0. The van der Waals surface area contributed by atoms with Gasteiger partial charge in [-0.2, -0.15) is 0 Å². The van der Waals surface area contributed by atoms with E-state index >= 15 is 0 Å². The second-order valence-corrected chi connectivity index (χ2v) is 8.31. The van der Waals surface area contributed by atoms with Gasteiger partial charge in [-0.15, -0.1) is 10.2 Å². The van der Waals surface area contributed by atoms with Crippen molar-refractivity contribution in [3.8, 4) is 0 Å². The molecule has 0 fully saturated rings. The standard InChI is InChI=1S/C20H20N4O2S2/c1-14-7-10-16(11-8-14)21-18(26)13-27-20-24-23-19(28-20)22-17(25)12-9-15-5-3-2-4-6-15/h2-8,10-11H,9,12-13H2,1H3,(H,21,26)(H,22,23,25). The summed E-state index contributed by atoms with van der Waals surface area (Å²) in [5.41, 5.74) is 3.02. The van der Waals surface area contributed by atoms with Crippen molar-refractivity contribution in [2.24, 2.45) is 0 Å². The number of carbonyl (C=O) groups excluding carboxylic acids is 2. The van der Waals surface area contributed by atoms with E-state index in [-0.39, 0.29) is 17.6 Å². The summed E-state index contributed by atoms with van der Waals surface area (Å²) in [5, 5.41) is 14.0. The molecular formula is C20H20N4O2S2. The van der Waals surface area contributed by atoms with E-state index in [1.165, 1.54) is 23.1 Å². The zero-order valence-corrected chi connectivity index (χ0v) is 17.0. The van der Waals surface area contributed by atoms with Crippen molar-refractivity contribution >= 4 is 45.7 Å². The average molecular weight is 413 g/mol. The molecule has 0 unspecified atom stereocenters. The molecule has 3 aromatic rings. The van der Waals surface area contributed by atoms with Gasteiger partial charge in [0.25, 0.3) is 0 Å². The van der Waals surface area contributed by atoms with E-state index < -0.39 is 0 Å². The Morgan fingerprint density at radius 3 is 2.46 bits per heavy atom. The zero-order valence-electron chi connectivity index (χ0n) is 15.3. The molecule has 0 radical (unpaired) electrons. The summed E-state index contributed by atoms with van der Waals surface area (Å²) in [6.45, 7) is 1.99. The lowest BCUT2D eigenvalue weighted by Gasteiger charge is -2.04. The molecule has 0 aliphatic carbocycles. The summed E-state index contributed by atoms with van der Waals surface area (Å²) >= 11 is 2.55. The number of nitrogens with one attached hydrogen (secondary N) is 2. The fraction of sp³-hybridized carbons (Fsp3) is 0.200. The third-order valence-electron chi connectivity index (χ3n) is 3.80. The zero-order chi connectivity index (χ0) is 19.8. The number of rotatable bonds is 8. The van der Waals surface area contributed by atoms with Gasteiger partial charge in [0.15, 0.2) is 4.34 Å². The van der Waals surface area contributed by atoms with Gasteiger partial charge in [-0.3, -0.25) is 9.59 Å². The summed E-state index contributed by atoms with van der Waals surface area (Å²) in [5.74, 6) is 0.0101. The number of thioether (sulfide) groups is 1. The smallest absolute Gasteiger partial charge is 0.234 e. The van der Waals surface area contributed by atoms with Crippen molar-refractivity contribution < 1.29 is 9.59 Å². The summed E-state index contributed by atoms with van der Waals surface area (Å²) in [6, 6.07) is 17.5. The second-order valence-electron chi connectivity index (χ2n) is 6.11. The normalized spacial score (nSPS) is 10.5. The summed E-state index contributed by atoms with van der Waals surface area (Å²) in [4.78, 5) is 24.1. The Kier molecular flexibility index (Phi) is 7.16. The van der Waals surface area contributed by atoms with Crippen LogP contribution in [0.5, 0.6) is 0 Å². The Bertz CT molecular complexity index is 927. The highest BCUT2D eigenvalue weighted by Gasteiger charge is 2.11. The molecule has 0 saturated carbocycles. The molecular weight excluding hydrogens is 392 g/mol. The van der Waals surface area contributed by atoms with E-state index in [1.54, 1.807) is 0 Å². The van der Waals surface area contributed by atoms with E-state index in [2.05, 4.69) is 20.8 Å². The van der Waals surface area contributed by atoms with Crippen LogP contribution in [-0.4, -0.2) is 27.8 Å². The number of aryl methyl sites for hydroxylation is 2. The summed E-state index contributed by atoms with van der Waals surface area (Å²) in [7, 11) is 0. The minimum atomic E-state index is -0.113.